The van der Waals surface area contributed by atoms with Gasteiger partial charge in [-0.05, 0) is 65.0 Å². The second-order valence-corrected chi connectivity index (χ2v) is 9.85. The van der Waals surface area contributed by atoms with Crippen molar-refractivity contribution in [2.24, 2.45) is 10.1 Å². The molecule has 0 radical (unpaired) electrons. The zero-order chi connectivity index (χ0) is 30.5. The molecule has 0 aromatic heterocycles. The fourth-order valence-corrected chi connectivity index (χ4v) is 4.84. The highest BCUT2D eigenvalue weighted by molar-refractivity contribution is 6.01. The summed E-state index contributed by atoms with van der Waals surface area (Å²) in [4.78, 5) is 21.8. The van der Waals surface area contributed by atoms with Gasteiger partial charge in [0.25, 0.3) is 5.91 Å². The van der Waals surface area contributed by atoms with Crippen LogP contribution >= 0.6 is 0 Å². The van der Waals surface area contributed by atoms with Crippen LogP contribution in [0, 0.1) is 0 Å². The predicted octanol–water partition coefficient (Wildman–Crippen LogP) is 4.96. The van der Waals surface area contributed by atoms with Crippen molar-refractivity contribution in [3.8, 4) is 11.5 Å². The SMILES string of the molecule is C=CC[C@]1(C(=O)NNCCc2cccc(OC)c2)N=C(c2ccc(OCCCO)cc2)O[C@H]1c1ccccc1CN=[N+]=[N-]. The largest absolute Gasteiger partial charge is 0.497 e. The summed E-state index contributed by atoms with van der Waals surface area (Å²) in [7, 11) is 1.62. The first-order valence-corrected chi connectivity index (χ1v) is 14.0. The molecule has 0 spiro atoms. The lowest BCUT2D eigenvalue weighted by atomic mass is 9.83. The lowest BCUT2D eigenvalue weighted by Gasteiger charge is -2.30. The van der Waals surface area contributed by atoms with Crippen molar-refractivity contribution in [3.63, 3.8) is 0 Å². The van der Waals surface area contributed by atoms with Crippen LogP contribution < -0.4 is 20.3 Å². The van der Waals surface area contributed by atoms with E-state index in [2.05, 4.69) is 27.5 Å². The zero-order valence-corrected chi connectivity index (χ0v) is 24.1. The Balaban J connectivity index is 1.62. The second kappa shape index (κ2) is 15.4. The number of carbonyl (C=O) groups excluding carboxylic acids is 1. The van der Waals surface area contributed by atoms with Crippen molar-refractivity contribution in [2.75, 3.05) is 26.9 Å². The van der Waals surface area contributed by atoms with Gasteiger partial charge >= 0.3 is 0 Å². The third-order valence-electron chi connectivity index (χ3n) is 7.00. The van der Waals surface area contributed by atoms with E-state index >= 15 is 0 Å². The first-order chi connectivity index (χ1) is 21.0. The number of aliphatic hydroxyl groups is 1. The molecule has 4 rings (SSSR count). The van der Waals surface area contributed by atoms with Gasteiger partial charge in [0.2, 0.25) is 5.90 Å². The van der Waals surface area contributed by atoms with E-state index in [1.807, 2.05) is 60.7 Å². The van der Waals surface area contributed by atoms with Gasteiger partial charge < -0.3 is 19.3 Å². The van der Waals surface area contributed by atoms with Gasteiger partial charge in [0, 0.05) is 36.5 Å². The van der Waals surface area contributed by atoms with Crippen LogP contribution in [0.3, 0.4) is 0 Å². The van der Waals surface area contributed by atoms with Gasteiger partial charge in [-0.25, -0.2) is 10.4 Å². The zero-order valence-electron chi connectivity index (χ0n) is 24.1. The van der Waals surface area contributed by atoms with Crippen LogP contribution in [-0.2, 0) is 22.5 Å². The molecule has 3 aromatic carbocycles. The fourth-order valence-electron chi connectivity index (χ4n) is 4.84. The Labute approximate surface area is 250 Å². The Morgan fingerprint density at radius 3 is 2.74 bits per heavy atom. The third kappa shape index (κ3) is 7.72. The van der Waals surface area contributed by atoms with E-state index in [0.717, 1.165) is 16.9 Å². The van der Waals surface area contributed by atoms with E-state index in [1.54, 1.807) is 25.3 Å². The Hall–Kier alpha value is -4.83. The first kappa shape index (κ1) is 31.1. The molecule has 1 amide bonds. The number of amides is 1. The first-order valence-electron chi connectivity index (χ1n) is 14.0. The van der Waals surface area contributed by atoms with Crippen molar-refractivity contribution < 1.29 is 24.1 Å². The van der Waals surface area contributed by atoms with E-state index in [0.29, 0.717) is 48.8 Å². The molecule has 2 atom stereocenters. The number of aliphatic imine (C=N–C) groups is 1. The van der Waals surface area contributed by atoms with Crippen molar-refractivity contribution in [1.29, 1.82) is 0 Å². The summed E-state index contributed by atoms with van der Waals surface area (Å²) in [6.07, 6.45) is 2.19. The van der Waals surface area contributed by atoms with Gasteiger partial charge in [-0.3, -0.25) is 10.2 Å². The molecule has 0 unspecified atom stereocenters. The van der Waals surface area contributed by atoms with Crippen molar-refractivity contribution in [1.82, 2.24) is 10.9 Å². The topological polar surface area (TPSA) is 150 Å². The minimum Gasteiger partial charge on any atom is -0.497 e. The van der Waals surface area contributed by atoms with Gasteiger partial charge in [0.15, 0.2) is 11.6 Å². The van der Waals surface area contributed by atoms with Crippen LogP contribution in [-0.4, -0.2) is 49.3 Å². The molecule has 3 N–H and O–H groups in total. The third-order valence-corrected chi connectivity index (χ3v) is 7.00. The molecular formula is C32H36N6O5. The highest BCUT2D eigenvalue weighted by atomic mass is 16.5. The van der Waals surface area contributed by atoms with E-state index in [9.17, 15) is 4.79 Å². The maximum Gasteiger partial charge on any atom is 0.266 e. The number of nitrogens with zero attached hydrogens (tertiary/aromatic N) is 4. The number of hydrogen-bond donors (Lipinski definition) is 3. The maximum absolute atomic E-state index is 14.0. The number of benzene rings is 3. The fraction of sp³-hybridized carbons (Fsp3) is 0.312. The van der Waals surface area contributed by atoms with Crippen molar-refractivity contribution in [2.45, 2.75) is 37.5 Å². The number of azide groups is 1. The summed E-state index contributed by atoms with van der Waals surface area (Å²) in [6, 6.07) is 22.3. The number of rotatable bonds is 16. The minimum absolute atomic E-state index is 0.0502. The lowest BCUT2D eigenvalue weighted by molar-refractivity contribution is -0.129. The van der Waals surface area contributed by atoms with Crippen LogP contribution in [0.15, 0.2) is 95.6 Å². The van der Waals surface area contributed by atoms with E-state index < -0.39 is 11.6 Å². The molecule has 0 bridgehead atoms. The molecule has 0 saturated carbocycles. The number of nitrogens with one attached hydrogen (secondary N) is 2. The monoisotopic (exact) mass is 584 g/mol. The lowest BCUT2D eigenvalue weighted by Crippen LogP contribution is -2.53. The van der Waals surface area contributed by atoms with E-state index in [1.165, 1.54) is 0 Å². The number of ether oxygens (including phenoxy) is 3. The van der Waals surface area contributed by atoms with Crippen LogP contribution in [0.25, 0.3) is 10.4 Å². The average molecular weight is 585 g/mol. The summed E-state index contributed by atoms with van der Waals surface area (Å²) in [5.41, 5.74) is 16.6. The van der Waals surface area contributed by atoms with Crippen molar-refractivity contribution >= 4 is 11.8 Å². The van der Waals surface area contributed by atoms with Gasteiger partial charge in [0.05, 0.1) is 20.3 Å². The summed E-state index contributed by atoms with van der Waals surface area (Å²) in [5.74, 6) is 1.31. The molecule has 1 aliphatic heterocycles. The molecule has 0 saturated heterocycles. The quantitative estimate of drug-likeness (QED) is 0.0541. The molecule has 0 fully saturated rings. The van der Waals surface area contributed by atoms with Crippen molar-refractivity contribution in [3.05, 3.63) is 118 Å². The Bertz CT molecular complexity index is 1470. The second-order valence-electron chi connectivity index (χ2n) is 9.85. The van der Waals surface area contributed by atoms with Gasteiger partial charge in [0.1, 0.15) is 11.5 Å². The molecule has 11 heteroatoms. The normalized spacial score (nSPS) is 17.3. The highest BCUT2D eigenvalue weighted by Crippen LogP contribution is 2.44. The van der Waals surface area contributed by atoms with Crippen LogP contribution in [0.1, 0.15) is 41.2 Å². The molecule has 11 nitrogen and oxygen atoms in total. The smallest absolute Gasteiger partial charge is 0.266 e. The molecule has 1 aliphatic rings. The van der Waals surface area contributed by atoms with Gasteiger partial charge in [-0.15, -0.1) is 6.58 Å². The molecular weight excluding hydrogens is 548 g/mol. The van der Waals surface area contributed by atoms with Crippen LogP contribution in [0.5, 0.6) is 11.5 Å². The number of hydrazine groups is 1. The van der Waals surface area contributed by atoms with Gasteiger partial charge in [-0.1, -0.05) is 47.6 Å². The Morgan fingerprint density at radius 1 is 1.19 bits per heavy atom. The molecule has 0 aliphatic carbocycles. The molecule has 3 aromatic rings. The minimum atomic E-state index is -1.40. The van der Waals surface area contributed by atoms with Crippen LogP contribution in [0.2, 0.25) is 0 Å². The number of hydrogen-bond acceptors (Lipinski definition) is 8. The van der Waals surface area contributed by atoms with E-state index in [4.69, 9.17) is 29.8 Å². The summed E-state index contributed by atoms with van der Waals surface area (Å²) < 4.78 is 17.4. The molecule has 43 heavy (non-hydrogen) atoms. The van der Waals surface area contributed by atoms with E-state index in [-0.39, 0.29) is 25.5 Å². The number of methoxy groups -OCH3 is 1. The Kier molecular flexibility index (Phi) is 11.2. The molecule has 224 valence electrons. The standard InChI is InChI=1S/C32H36N6O5/c1-3-17-32(31(40)37-34-18-16-23-8-6-10-27(21-23)41-2)29(28-11-5-4-9-25(28)22-35-38-33)43-30(36-32)24-12-14-26(15-13-24)42-20-7-19-39/h3-6,8-15,21,29,34,39H,1,7,16-20,22H2,2H3,(H,37,40)/t29-,32-/m0/s1. The summed E-state index contributed by atoms with van der Waals surface area (Å²) in [5, 5.41) is 12.8. The summed E-state index contributed by atoms with van der Waals surface area (Å²) >= 11 is 0. The molecule has 1 heterocycles. The Morgan fingerprint density at radius 2 is 2.00 bits per heavy atom. The van der Waals surface area contributed by atoms with Gasteiger partial charge in [-0.2, -0.15) is 0 Å². The number of carbonyl (C=O) groups is 1. The highest BCUT2D eigenvalue weighted by Gasteiger charge is 2.53. The average Bonchev–Trinajstić information content (AvgIpc) is 3.43. The number of aliphatic hydroxyl groups excluding tert-OH is 1. The predicted molar refractivity (Wildman–Crippen MR) is 164 cm³/mol. The summed E-state index contributed by atoms with van der Waals surface area (Å²) in [6.45, 7) is 4.91. The van der Waals surface area contributed by atoms with Crippen LogP contribution in [0.4, 0.5) is 0 Å². The maximum atomic E-state index is 14.0.